The fourth-order valence-corrected chi connectivity index (χ4v) is 2.32. The van der Waals surface area contributed by atoms with E-state index in [1.54, 1.807) is 12.1 Å². The molecule has 0 spiro atoms. The van der Waals surface area contributed by atoms with E-state index in [1.165, 1.54) is 0 Å². The molecule has 21 heavy (non-hydrogen) atoms. The summed E-state index contributed by atoms with van der Waals surface area (Å²) >= 11 is 0. The predicted octanol–water partition coefficient (Wildman–Crippen LogP) is 3.98. The van der Waals surface area contributed by atoms with Gasteiger partial charge in [0.2, 0.25) is 0 Å². The minimum atomic E-state index is -0.897. The molecule has 0 atom stereocenters. The Morgan fingerprint density at radius 3 is 2.24 bits per heavy atom. The average molecular weight is 282 g/mol. The number of carboxylic acid groups (broad SMARTS) is 1. The molecule has 0 radical (unpaired) electrons. The van der Waals surface area contributed by atoms with Crippen molar-refractivity contribution in [3.8, 4) is 0 Å². The zero-order chi connectivity index (χ0) is 15.1. The number of ketones is 1. The first-order valence-electron chi connectivity index (χ1n) is 7.08. The SMILES string of the molecule is O=C(CCCCc1ccccc1C(=O)O)c1ccccc1. The zero-order valence-corrected chi connectivity index (χ0v) is 11.8. The van der Waals surface area contributed by atoms with Crippen molar-refractivity contribution in [3.63, 3.8) is 0 Å². The first-order chi connectivity index (χ1) is 10.2. The molecule has 0 saturated heterocycles. The Hall–Kier alpha value is -2.42. The third-order valence-corrected chi connectivity index (χ3v) is 3.44. The van der Waals surface area contributed by atoms with Gasteiger partial charge in [0.15, 0.2) is 5.78 Å². The molecule has 2 aromatic carbocycles. The summed E-state index contributed by atoms with van der Waals surface area (Å²) in [4.78, 5) is 23.0. The van der Waals surface area contributed by atoms with Gasteiger partial charge in [0.05, 0.1) is 5.56 Å². The summed E-state index contributed by atoms with van der Waals surface area (Å²) in [6, 6.07) is 16.3. The molecule has 2 rings (SSSR count). The molecule has 0 saturated carbocycles. The Morgan fingerprint density at radius 2 is 1.52 bits per heavy atom. The molecule has 0 fully saturated rings. The lowest BCUT2D eigenvalue weighted by atomic mass is 9.99. The molecule has 0 amide bonds. The van der Waals surface area contributed by atoms with Crippen molar-refractivity contribution in [1.29, 1.82) is 0 Å². The van der Waals surface area contributed by atoms with Crippen LogP contribution in [0.25, 0.3) is 0 Å². The van der Waals surface area contributed by atoms with Gasteiger partial charge in [0, 0.05) is 12.0 Å². The van der Waals surface area contributed by atoms with Crippen molar-refractivity contribution in [2.75, 3.05) is 0 Å². The Balaban J connectivity index is 1.83. The molecular formula is C18H18O3. The minimum absolute atomic E-state index is 0.141. The Bertz CT molecular complexity index is 617. The molecule has 2 aromatic rings. The van der Waals surface area contributed by atoms with Crippen LogP contribution in [0, 0.1) is 0 Å². The summed E-state index contributed by atoms with van der Waals surface area (Å²) in [5.74, 6) is -0.756. The molecule has 0 aromatic heterocycles. The Morgan fingerprint density at radius 1 is 0.857 bits per heavy atom. The first-order valence-corrected chi connectivity index (χ1v) is 7.08. The molecule has 108 valence electrons. The maximum Gasteiger partial charge on any atom is 0.335 e. The standard InChI is InChI=1S/C18H18O3/c19-17(15-10-2-1-3-11-15)13-7-5-9-14-8-4-6-12-16(14)18(20)21/h1-4,6,8,10-12H,5,7,9,13H2,(H,20,21). The second-order valence-electron chi connectivity index (χ2n) is 4.96. The van der Waals surface area contributed by atoms with E-state index in [0.717, 1.165) is 24.0 Å². The number of hydrogen-bond donors (Lipinski definition) is 1. The third kappa shape index (κ3) is 4.28. The summed E-state index contributed by atoms with van der Waals surface area (Å²) in [7, 11) is 0. The first kappa shape index (κ1) is 15.0. The van der Waals surface area contributed by atoms with Crippen molar-refractivity contribution in [2.24, 2.45) is 0 Å². The largest absolute Gasteiger partial charge is 0.478 e. The average Bonchev–Trinajstić information content (AvgIpc) is 2.52. The van der Waals surface area contributed by atoms with Gasteiger partial charge in [-0.05, 0) is 30.9 Å². The van der Waals surface area contributed by atoms with Crippen LogP contribution in [0.5, 0.6) is 0 Å². The van der Waals surface area contributed by atoms with Gasteiger partial charge in [0.1, 0.15) is 0 Å². The van der Waals surface area contributed by atoms with Crippen LogP contribution >= 0.6 is 0 Å². The normalized spacial score (nSPS) is 10.3. The number of carbonyl (C=O) groups excluding carboxylic acids is 1. The fourth-order valence-electron chi connectivity index (χ4n) is 2.32. The van der Waals surface area contributed by atoms with Crippen LogP contribution in [0.15, 0.2) is 54.6 Å². The summed E-state index contributed by atoms with van der Waals surface area (Å²) in [6.07, 6.45) is 2.76. The highest BCUT2D eigenvalue weighted by Crippen LogP contribution is 2.14. The van der Waals surface area contributed by atoms with E-state index in [9.17, 15) is 9.59 Å². The van der Waals surface area contributed by atoms with Crippen molar-refractivity contribution < 1.29 is 14.7 Å². The topological polar surface area (TPSA) is 54.4 Å². The summed E-state index contributed by atoms with van der Waals surface area (Å²) in [6.45, 7) is 0. The van der Waals surface area contributed by atoms with Gasteiger partial charge in [-0.1, -0.05) is 48.5 Å². The number of carbonyl (C=O) groups is 2. The number of aryl methyl sites for hydroxylation is 1. The van der Waals surface area contributed by atoms with Gasteiger partial charge in [-0.2, -0.15) is 0 Å². The lowest BCUT2D eigenvalue weighted by Crippen LogP contribution is -2.03. The van der Waals surface area contributed by atoms with Gasteiger partial charge in [-0.15, -0.1) is 0 Å². The maximum atomic E-state index is 11.9. The molecular weight excluding hydrogens is 264 g/mol. The van der Waals surface area contributed by atoms with E-state index < -0.39 is 5.97 Å². The minimum Gasteiger partial charge on any atom is -0.478 e. The highest BCUT2D eigenvalue weighted by molar-refractivity contribution is 5.95. The van der Waals surface area contributed by atoms with Gasteiger partial charge < -0.3 is 5.11 Å². The van der Waals surface area contributed by atoms with Crippen LogP contribution in [0.1, 0.15) is 45.5 Å². The van der Waals surface area contributed by atoms with Gasteiger partial charge in [-0.25, -0.2) is 4.79 Å². The smallest absolute Gasteiger partial charge is 0.335 e. The van der Waals surface area contributed by atoms with Crippen molar-refractivity contribution in [2.45, 2.75) is 25.7 Å². The van der Waals surface area contributed by atoms with Crippen molar-refractivity contribution in [3.05, 3.63) is 71.3 Å². The lowest BCUT2D eigenvalue weighted by Gasteiger charge is -2.05. The molecule has 1 N–H and O–H groups in total. The van der Waals surface area contributed by atoms with Gasteiger partial charge in [0.25, 0.3) is 0 Å². The highest BCUT2D eigenvalue weighted by atomic mass is 16.4. The van der Waals surface area contributed by atoms with E-state index in [2.05, 4.69) is 0 Å². The van der Waals surface area contributed by atoms with E-state index in [-0.39, 0.29) is 5.78 Å². The van der Waals surface area contributed by atoms with Crippen LogP contribution < -0.4 is 0 Å². The van der Waals surface area contributed by atoms with Crippen LogP contribution in [0.3, 0.4) is 0 Å². The number of hydrogen-bond acceptors (Lipinski definition) is 2. The summed E-state index contributed by atoms with van der Waals surface area (Å²) in [5.41, 5.74) is 1.92. The molecule has 0 aliphatic heterocycles. The van der Waals surface area contributed by atoms with E-state index in [4.69, 9.17) is 5.11 Å². The van der Waals surface area contributed by atoms with E-state index in [1.807, 2.05) is 42.5 Å². The number of unbranched alkanes of at least 4 members (excludes halogenated alkanes) is 1. The third-order valence-electron chi connectivity index (χ3n) is 3.44. The fraction of sp³-hybridized carbons (Fsp3) is 0.222. The molecule has 0 aliphatic rings. The van der Waals surface area contributed by atoms with Gasteiger partial charge >= 0.3 is 5.97 Å². The molecule has 0 heterocycles. The Labute approximate surface area is 124 Å². The van der Waals surface area contributed by atoms with Crippen molar-refractivity contribution in [1.82, 2.24) is 0 Å². The monoisotopic (exact) mass is 282 g/mol. The second kappa shape index (κ2) is 7.39. The molecule has 0 bridgehead atoms. The molecule has 0 unspecified atom stereocenters. The van der Waals surface area contributed by atoms with E-state index >= 15 is 0 Å². The van der Waals surface area contributed by atoms with E-state index in [0.29, 0.717) is 18.4 Å². The number of aromatic carboxylic acids is 1. The molecule has 0 aliphatic carbocycles. The number of carboxylic acids is 1. The predicted molar refractivity (Wildman–Crippen MR) is 81.7 cm³/mol. The van der Waals surface area contributed by atoms with Crippen LogP contribution in [-0.2, 0) is 6.42 Å². The zero-order valence-electron chi connectivity index (χ0n) is 11.8. The maximum absolute atomic E-state index is 11.9. The molecule has 3 nitrogen and oxygen atoms in total. The van der Waals surface area contributed by atoms with Crippen LogP contribution in [0.4, 0.5) is 0 Å². The van der Waals surface area contributed by atoms with Gasteiger partial charge in [-0.3, -0.25) is 4.79 Å². The summed E-state index contributed by atoms with van der Waals surface area (Å²) in [5, 5.41) is 9.10. The number of Topliss-reactive ketones (excluding diaryl/α,β-unsaturated/α-hetero) is 1. The van der Waals surface area contributed by atoms with Crippen LogP contribution in [-0.4, -0.2) is 16.9 Å². The van der Waals surface area contributed by atoms with Crippen molar-refractivity contribution >= 4 is 11.8 Å². The molecule has 3 heteroatoms. The number of benzene rings is 2. The quantitative estimate of drug-likeness (QED) is 0.617. The van der Waals surface area contributed by atoms with Crippen LogP contribution in [0.2, 0.25) is 0 Å². The highest BCUT2D eigenvalue weighted by Gasteiger charge is 2.09. The summed E-state index contributed by atoms with van der Waals surface area (Å²) < 4.78 is 0. The lowest BCUT2D eigenvalue weighted by molar-refractivity contribution is 0.0695. The Kier molecular flexibility index (Phi) is 5.27. The number of rotatable bonds is 7. The second-order valence-corrected chi connectivity index (χ2v) is 4.96.